The number of anilines is 1. The summed E-state index contributed by atoms with van der Waals surface area (Å²) < 4.78 is 0.976. The molecule has 1 N–H and O–H groups in total. The van der Waals surface area contributed by atoms with Gasteiger partial charge in [-0.2, -0.15) is 0 Å². The van der Waals surface area contributed by atoms with Crippen LogP contribution in [-0.4, -0.2) is 28.4 Å². The van der Waals surface area contributed by atoms with Crippen molar-refractivity contribution in [3.8, 4) is 0 Å². The summed E-state index contributed by atoms with van der Waals surface area (Å²) in [4.78, 5) is 19.1. The molecule has 0 radical (unpaired) electrons. The Hall–Kier alpha value is -1.88. The van der Waals surface area contributed by atoms with Crippen LogP contribution in [0.15, 0.2) is 46.9 Å². The lowest BCUT2D eigenvalue weighted by atomic mass is 10.0. The van der Waals surface area contributed by atoms with E-state index in [1.165, 1.54) is 5.56 Å². The Morgan fingerprint density at radius 2 is 2.04 bits per heavy atom. The van der Waals surface area contributed by atoms with Crippen LogP contribution in [0, 0.1) is 6.92 Å². The van der Waals surface area contributed by atoms with Crippen molar-refractivity contribution in [3.05, 3.63) is 58.2 Å². The molecule has 1 aliphatic heterocycles. The molecule has 2 aromatic rings. The first kappa shape index (κ1) is 16.0. The maximum Gasteiger partial charge on any atom is 0.245 e. The van der Waals surface area contributed by atoms with Crippen molar-refractivity contribution in [1.82, 2.24) is 9.88 Å². The van der Waals surface area contributed by atoms with Crippen LogP contribution >= 0.6 is 15.9 Å². The average molecular weight is 374 g/mol. The Kier molecular flexibility index (Phi) is 4.96. The minimum absolute atomic E-state index is 0.155. The summed E-state index contributed by atoms with van der Waals surface area (Å²) >= 11 is 3.45. The summed E-state index contributed by atoms with van der Waals surface area (Å²) in [5.74, 6) is 0.910. The molecule has 0 spiro atoms. The number of hydrogen-bond acceptors (Lipinski definition) is 3. The number of piperidine rings is 1. The van der Waals surface area contributed by atoms with Crippen LogP contribution in [0.4, 0.5) is 5.82 Å². The van der Waals surface area contributed by atoms with E-state index >= 15 is 0 Å². The zero-order valence-corrected chi connectivity index (χ0v) is 14.7. The van der Waals surface area contributed by atoms with Gasteiger partial charge in [0, 0.05) is 17.6 Å². The maximum absolute atomic E-state index is 12.7. The van der Waals surface area contributed by atoms with Crippen LogP contribution in [0.25, 0.3) is 0 Å². The SMILES string of the molecule is Cc1nc(NC2CCCN(Cc3ccccc3)C2=O)ccc1Br. The lowest BCUT2D eigenvalue weighted by molar-refractivity contribution is -0.134. The van der Waals surface area contributed by atoms with Crippen molar-refractivity contribution in [2.24, 2.45) is 0 Å². The van der Waals surface area contributed by atoms with E-state index in [9.17, 15) is 4.79 Å². The van der Waals surface area contributed by atoms with E-state index in [1.54, 1.807) is 0 Å². The predicted molar refractivity (Wildman–Crippen MR) is 95.2 cm³/mol. The molecular weight excluding hydrogens is 354 g/mol. The maximum atomic E-state index is 12.7. The van der Waals surface area contributed by atoms with Crippen molar-refractivity contribution < 1.29 is 4.79 Å². The highest BCUT2D eigenvalue weighted by Gasteiger charge is 2.28. The number of hydrogen-bond donors (Lipinski definition) is 1. The number of nitrogens with zero attached hydrogens (tertiary/aromatic N) is 2. The molecule has 1 fully saturated rings. The van der Waals surface area contributed by atoms with E-state index < -0.39 is 0 Å². The molecule has 3 rings (SSSR count). The molecular formula is C18H20BrN3O. The quantitative estimate of drug-likeness (QED) is 0.887. The molecule has 5 heteroatoms. The number of aromatic nitrogens is 1. The average Bonchev–Trinajstić information content (AvgIpc) is 2.56. The van der Waals surface area contributed by atoms with E-state index in [4.69, 9.17) is 0 Å². The third-order valence-corrected chi connectivity index (χ3v) is 4.93. The summed E-state index contributed by atoms with van der Waals surface area (Å²) in [6.45, 7) is 3.43. The van der Waals surface area contributed by atoms with Gasteiger partial charge >= 0.3 is 0 Å². The second-order valence-electron chi connectivity index (χ2n) is 5.85. The van der Waals surface area contributed by atoms with Gasteiger partial charge in [0.15, 0.2) is 0 Å². The summed E-state index contributed by atoms with van der Waals surface area (Å²) in [5, 5.41) is 3.29. The van der Waals surface area contributed by atoms with Crippen molar-refractivity contribution in [2.75, 3.05) is 11.9 Å². The molecule has 120 valence electrons. The highest BCUT2D eigenvalue weighted by molar-refractivity contribution is 9.10. The van der Waals surface area contributed by atoms with Gasteiger partial charge in [-0.15, -0.1) is 0 Å². The predicted octanol–water partition coefficient (Wildman–Crippen LogP) is 3.76. The highest BCUT2D eigenvalue weighted by atomic mass is 79.9. The van der Waals surface area contributed by atoms with Gasteiger partial charge in [-0.3, -0.25) is 4.79 Å². The van der Waals surface area contributed by atoms with Gasteiger partial charge in [-0.1, -0.05) is 30.3 Å². The zero-order valence-electron chi connectivity index (χ0n) is 13.1. The fraction of sp³-hybridized carbons (Fsp3) is 0.333. The van der Waals surface area contributed by atoms with Gasteiger partial charge in [0.05, 0.1) is 5.69 Å². The lowest BCUT2D eigenvalue weighted by Crippen LogP contribution is -2.47. The minimum atomic E-state index is -0.194. The van der Waals surface area contributed by atoms with Crippen LogP contribution in [0.2, 0.25) is 0 Å². The third-order valence-electron chi connectivity index (χ3n) is 4.09. The number of nitrogens with one attached hydrogen (secondary N) is 1. The Morgan fingerprint density at radius 1 is 1.26 bits per heavy atom. The molecule has 1 saturated heterocycles. The minimum Gasteiger partial charge on any atom is -0.358 e. The van der Waals surface area contributed by atoms with E-state index in [0.717, 1.165) is 35.4 Å². The largest absolute Gasteiger partial charge is 0.358 e. The molecule has 0 bridgehead atoms. The number of carbonyl (C=O) groups is 1. The smallest absolute Gasteiger partial charge is 0.245 e. The number of likely N-dealkylation sites (tertiary alicyclic amines) is 1. The van der Waals surface area contributed by atoms with Gasteiger partial charge in [0.25, 0.3) is 0 Å². The summed E-state index contributed by atoms with van der Waals surface area (Å²) in [5.41, 5.74) is 2.08. The van der Waals surface area contributed by atoms with Gasteiger partial charge in [-0.25, -0.2) is 4.98 Å². The van der Waals surface area contributed by atoms with Crippen molar-refractivity contribution >= 4 is 27.7 Å². The molecule has 1 atom stereocenters. The molecule has 23 heavy (non-hydrogen) atoms. The normalized spacial score (nSPS) is 18.1. The van der Waals surface area contributed by atoms with Crippen molar-refractivity contribution in [2.45, 2.75) is 32.4 Å². The lowest BCUT2D eigenvalue weighted by Gasteiger charge is -2.33. The van der Waals surface area contributed by atoms with Crippen LogP contribution < -0.4 is 5.32 Å². The van der Waals surface area contributed by atoms with E-state index in [-0.39, 0.29) is 11.9 Å². The Bertz CT molecular complexity index is 690. The van der Waals surface area contributed by atoms with Gasteiger partial charge in [0.1, 0.15) is 11.9 Å². The highest BCUT2D eigenvalue weighted by Crippen LogP contribution is 2.21. The molecule has 1 unspecified atom stereocenters. The first-order valence-electron chi connectivity index (χ1n) is 7.86. The van der Waals surface area contributed by atoms with Crippen LogP contribution in [-0.2, 0) is 11.3 Å². The van der Waals surface area contributed by atoms with E-state index in [2.05, 4.69) is 38.4 Å². The number of halogens is 1. The second-order valence-corrected chi connectivity index (χ2v) is 6.70. The fourth-order valence-electron chi connectivity index (χ4n) is 2.84. The monoisotopic (exact) mass is 373 g/mol. The molecule has 1 aliphatic rings. The third kappa shape index (κ3) is 3.91. The molecule has 2 heterocycles. The van der Waals surface area contributed by atoms with Gasteiger partial charge < -0.3 is 10.2 Å². The molecule has 1 aromatic heterocycles. The van der Waals surface area contributed by atoms with Crippen molar-refractivity contribution in [3.63, 3.8) is 0 Å². The zero-order chi connectivity index (χ0) is 16.2. The molecule has 4 nitrogen and oxygen atoms in total. The number of pyridine rings is 1. The summed E-state index contributed by atoms with van der Waals surface area (Å²) in [6, 6.07) is 13.8. The van der Waals surface area contributed by atoms with Gasteiger partial charge in [-0.05, 0) is 53.4 Å². The van der Waals surface area contributed by atoms with Crippen LogP contribution in [0.3, 0.4) is 0 Å². The summed E-state index contributed by atoms with van der Waals surface area (Å²) in [7, 11) is 0. The summed E-state index contributed by atoms with van der Waals surface area (Å²) in [6.07, 6.45) is 1.85. The topological polar surface area (TPSA) is 45.2 Å². The number of rotatable bonds is 4. The van der Waals surface area contributed by atoms with Crippen LogP contribution in [0.5, 0.6) is 0 Å². The van der Waals surface area contributed by atoms with Gasteiger partial charge in [0.2, 0.25) is 5.91 Å². The number of amides is 1. The number of carbonyl (C=O) groups excluding carboxylic acids is 1. The molecule has 0 saturated carbocycles. The molecule has 1 amide bonds. The number of benzene rings is 1. The number of aryl methyl sites for hydroxylation is 1. The Morgan fingerprint density at radius 3 is 2.78 bits per heavy atom. The first-order chi connectivity index (χ1) is 11.1. The standard InChI is InChI=1S/C18H20BrN3O/c1-13-15(19)9-10-17(20-13)21-16-8-5-11-22(18(16)23)12-14-6-3-2-4-7-14/h2-4,6-7,9-10,16H,5,8,11-12H2,1H3,(H,20,21). The van der Waals surface area contributed by atoms with E-state index in [0.29, 0.717) is 6.54 Å². The molecule has 0 aliphatic carbocycles. The first-order valence-corrected chi connectivity index (χ1v) is 8.65. The van der Waals surface area contributed by atoms with Crippen LogP contribution in [0.1, 0.15) is 24.1 Å². The van der Waals surface area contributed by atoms with E-state index in [1.807, 2.05) is 42.2 Å². The second kappa shape index (κ2) is 7.13. The Labute approximate surface area is 145 Å². The fourth-order valence-corrected chi connectivity index (χ4v) is 3.06. The van der Waals surface area contributed by atoms with Crippen molar-refractivity contribution in [1.29, 1.82) is 0 Å². The Balaban J connectivity index is 1.68. The molecule has 1 aromatic carbocycles.